The highest BCUT2D eigenvalue weighted by atomic mass is 16.5. The van der Waals surface area contributed by atoms with Crippen LogP contribution in [-0.4, -0.2) is 61.8 Å². The van der Waals surface area contributed by atoms with Crippen molar-refractivity contribution in [3.63, 3.8) is 0 Å². The van der Waals surface area contributed by atoms with Gasteiger partial charge >= 0.3 is 0 Å². The lowest BCUT2D eigenvalue weighted by molar-refractivity contribution is -0.127. The predicted molar refractivity (Wildman–Crippen MR) is 136 cm³/mol. The summed E-state index contributed by atoms with van der Waals surface area (Å²) in [5.74, 6) is 0.649. The van der Waals surface area contributed by atoms with Crippen LogP contribution in [0.1, 0.15) is 37.7 Å². The van der Waals surface area contributed by atoms with E-state index in [1.165, 1.54) is 0 Å². The molecule has 7 heteroatoms. The molecule has 2 aliphatic rings. The fourth-order valence-corrected chi connectivity index (χ4v) is 4.79. The zero-order chi connectivity index (χ0) is 24.5. The number of amides is 1. The molecule has 1 saturated heterocycles. The van der Waals surface area contributed by atoms with E-state index in [4.69, 9.17) is 15.2 Å². The number of carbonyl (C=O) groups is 1. The molecule has 0 radical (unpaired) electrons. The molecule has 1 saturated carbocycles. The lowest BCUT2D eigenvalue weighted by Gasteiger charge is -2.32. The molecule has 2 aromatic rings. The number of benzene rings is 2. The molecule has 186 valence electrons. The van der Waals surface area contributed by atoms with Gasteiger partial charge < -0.3 is 20.5 Å². The first-order valence-corrected chi connectivity index (χ1v) is 12.7. The Hall–Kier alpha value is -2.92. The Morgan fingerprint density at radius 1 is 1.11 bits per heavy atom. The van der Waals surface area contributed by atoms with Crippen LogP contribution in [0.2, 0.25) is 0 Å². The summed E-state index contributed by atoms with van der Waals surface area (Å²) in [6, 6.07) is 17.8. The maximum absolute atomic E-state index is 12.7. The van der Waals surface area contributed by atoms with Crippen LogP contribution >= 0.6 is 0 Å². The Kier molecular flexibility index (Phi) is 8.75. The highest BCUT2D eigenvalue weighted by molar-refractivity contribution is 5.86. The van der Waals surface area contributed by atoms with Gasteiger partial charge in [0.2, 0.25) is 5.91 Å². The van der Waals surface area contributed by atoms with Crippen molar-refractivity contribution in [1.29, 1.82) is 5.26 Å². The maximum Gasteiger partial charge on any atom is 0.241 e. The number of nitrogens with two attached hydrogens (primary N) is 1. The first-order valence-electron chi connectivity index (χ1n) is 12.7. The Bertz CT molecular complexity index is 1010. The van der Waals surface area contributed by atoms with Crippen molar-refractivity contribution in [3.8, 4) is 22.9 Å². The first kappa shape index (κ1) is 25.2. The lowest BCUT2D eigenvalue weighted by atomic mass is 9.81. The summed E-state index contributed by atoms with van der Waals surface area (Å²) in [4.78, 5) is 15.1. The van der Waals surface area contributed by atoms with Gasteiger partial charge in [-0.1, -0.05) is 55.7 Å². The third kappa shape index (κ3) is 7.04. The molecule has 3 N–H and O–H groups in total. The van der Waals surface area contributed by atoms with Crippen molar-refractivity contribution in [2.75, 3.05) is 39.5 Å². The SMILES string of the molecule is N#C[C@H](Cc1ccc(-c2cccc(OCCN3CCOCC3)c2)cc1)NC(=O)C1(N)CCCCC1. The minimum atomic E-state index is -0.841. The largest absolute Gasteiger partial charge is 0.492 e. The van der Waals surface area contributed by atoms with Crippen LogP contribution < -0.4 is 15.8 Å². The second kappa shape index (κ2) is 12.2. The fraction of sp³-hybridized carbons (Fsp3) is 0.500. The van der Waals surface area contributed by atoms with Gasteiger partial charge in [0.15, 0.2) is 0 Å². The molecule has 1 atom stereocenters. The summed E-state index contributed by atoms with van der Waals surface area (Å²) < 4.78 is 11.4. The van der Waals surface area contributed by atoms with Gasteiger partial charge in [-0.2, -0.15) is 5.26 Å². The molecular formula is C28H36N4O3. The normalized spacial score (nSPS) is 18.9. The van der Waals surface area contributed by atoms with E-state index >= 15 is 0 Å². The molecule has 4 rings (SSSR count). The summed E-state index contributed by atoms with van der Waals surface area (Å²) in [7, 11) is 0. The van der Waals surface area contributed by atoms with E-state index in [9.17, 15) is 10.1 Å². The lowest BCUT2D eigenvalue weighted by Crippen LogP contribution is -2.57. The quantitative estimate of drug-likeness (QED) is 0.576. The van der Waals surface area contributed by atoms with Gasteiger partial charge in [0.05, 0.1) is 24.8 Å². The van der Waals surface area contributed by atoms with E-state index in [1.807, 2.05) is 36.4 Å². The summed E-state index contributed by atoms with van der Waals surface area (Å²) in [5.41, 5.74) is 8.63. The molecule has 0 aromatic heterocycles. The monoisotopic (exact) mass is 476 g/mol. The number of hydrogen-bond acceptors (Lipinski definition) is 6. The standard InChI is InChI=1S/C28H36N4O3/c29-21-25(31-27(33)28(30)11-2-1-3-12-28)19-22-7-9-23(10-8-22)24-5-4-6-26(20-24)35-18-15-32-13-16-34-17-14-32/h4-10,20,25H,1-3,11-19,30H2,(H,31,33)/t25-/m0/s1. The number of nitrogens with one attached hydrogen (secondary N) is 1. The third-order valence-corrected chi connectivity index (χ3v) is 7.00. The smallest absolute Gasteiger partial charge is 0.241 e. The second-order valence-corrected chi connectivity index (χ2v) is 9.60. The van der Waals surface area contributed by atoms with Gasteiger partial charge in [0, 0.05) is 26.1 Å². The highest BCUT2D eigenvalue weighted by Gasteiger charge is 2.36. The Morgan fingerprint density at radius 2 is 1.86 bits per heavy atom. The highest BCUT2D eigenvalue weighted by Crippen LogP contribution is 2.27. The molecule has 35 heavy (non-hydrogen) atoms. The van der Waals surface area contributed by atoms with E-state index in [0.717, 1.165) is 74.6 Å². The number of carbonyl (C=O) groups excluding carboxylic acids is 1. The average molecular weight is 477 g/mol. The second-order valence-electron chi connectivity index (χ2n) is 9.60. The summed E-state index contributed by atoms with van der Waals surface area (Å²) in [6.45, 7) is 5.04. The van der Waals surface area contributed by atoms with Crippen molar-refractivity contribution in [2.45, 2.75) is 50.1 Å². The summed E-state index contributed by atoms with van der Waals surface area (Å²) >= 11 is 0. The molecule has 2 aromatic carbocycles. The van der Waals surface area contributed by atoms with Crippen LogP contribution in [0.15, 0.2) is 48.5 Å². The number of nitriles is 1. The minimum Gasteiger partial charge on any atom is -0.492 e. The number of hydrogen-bond donors (Lipinski definition) is 2. The Morgan fingerprint density at radius 3 is 2.57 bits per heavy atom. The maximum atomic E-state index is 12.7. The topological polar surface area (TPSA) is 101 Å². The van der Waals surface area contributed by atoms with Gasteiger partial charge in [-0.15, -0.1) is 0 Å². The van der Waals surface area contributed by atoms with Gasteiger partial charge in [0.25, 0.3) is 0 Å². The fourth-order valence-electron chi connectivity index (χ4n) is 4.79. The molecule has 1 aliphatic carbocycles. The van der Waals surface area contributed by atoms with E-state index in [2.05, 4.69) is 28.4 Å². The van der Waals surface area contributed by atoms with E-state index < -0.39 is 11.6 Å². The molecule has 0 unspecified atom stereocenters. The van der Waals surface area contributed by atoms with Crippen LogP contribution in [0, 0.1) is 11.3 Å². The zero-order valence-electron chi connectivity index (χ0n) is 20.4. The van der Waals surface area contributed by atoms with E-state index in [-0.39, 0.29) is 5.91 Å². The number of ether oxygens (including phenoxy) is 2. The molecule has 2 fully saturated rings. The Labute approximate surface area is 208 Å². The number of morpholine rings is 1. The minimum absolute atomic E-state index is 0.203. The van der Waals surface area contributed by atoms with Gasteiger partial charge in [-0.25, -0.2) is 0 Å². The van der Waals surface area contributed by atoms with E-state index in [0.29, 0.717) is 25.9 Å². The van der Waals surface area contributed by atoms with Crippen molar-refractivity contribution < 1.29 is 14.3 Å². The molecule has 0 bridgehead atoms. The molecule has 1 heterocycles. The van der Waals surface area contributed by atoms with Crippen LogP contribution in [-0.2, 0) is 16.0 Å². The predicted octanol–water partition coefficient (Wildman–Crippen LogP) is 3.28. The van der Waals surface area contributed by atoms with Gasteiger partial charge in [-0.05, 0) is 41.7 Å². The van der Waals surface area contributed by atoms with Gasteiger partial charge in [0.1, 0.15) is 18.4 Å². The van der Waals surface area contributed by atoms with Crippen molar-refractivity contribution in [2.24, 2.45) is 5.73 Å². The Balaban J connectivity index is 1.31. The van der Waals surface area contributed by atoms with Crippen LogP contribution in [0.3, 0.4) is 0 Å². The zero-order valence-corrected chi connectivity index (χ0v) is 20.4. The summed E-state index contributed by atoms with van der Waals surface area (Å²) in [5, 5.41) is 12.5. The van der Waals surface area contributed by atoms with Crippen LogP contribution in [0.25, 0.3) is 11.1 Å². The first-order chi connectivity index (χ1) is 17.1. The molecular weight excluding hydrogens is 440 g/mol. The molecule has 1 amide bonds. The van der Waals surface area contributed by atoms with Gasteiger partial charge in [-0.3, -0.25) is 9.69 Å². The molecule has 1 aliphatic heterocycles. The molecule has 7 nitrogen and oxygen atoms in total. The van der Waals surface area contributed by atoms with Crippen molar-refractivity contribution in [1.82, 2.24) is 10.2 Å². The van der Waals surface area contributed by atoms with Crippen LogP contribution in [0.4, 0.5) is 0 Å². The van der Waals surface area contributed by atoms with Crippen molar-refractivity contribution >= 4 is 5.91 Å². The van der Waals surface area contributed by atoms with E-state index in [1.54, 1.807) is 0 Å². The molecule has 0 spiro atoms. The van der Waals surface area contributed by atoms with Crippen molar-refractivity contribution in [3.05, 3.63) is 54.1 Å². The number of rotatable bonds is 9. The third-order valence-electron chi connectivity index (χ3n) is 7.00. The van der Waals surface area contributed by atoms with Crippen LogP contribution in [0.5, 0.6) is 5.75 Å². The summed E-state index contributed by atoms with van der Waals surface area (Å²) in [6.07, 6.45) is 4.85. The average Bonchev–Trinajstić information content (AvgIpc) is 2.90. The number of nitrogens with zero attached hydrogens (tertiary/aromatic N) is 2.